The van der Waals surface area contributed by atoms with Gasteiger partial charge in [-0.2, -0.15) is 0 Å². The van der Waals surface area contributed by atoms with E-state index >= 15 is 0 Å². The fraction of sp³-hybridized carbons (Fsp3) is 0.241. The van der Waals surface area contributed by atoms with Crippen molar-refractivity contribution in [2.45, 2.75) is 39.0 Å². The maximum atomic E-state index is 13.7. The SMILES string of the molecule is CCC(OC(=O)c1c2c(nc3ccccc13)CCN(Cc1ccccc1)C2)C(=O)Nc1ccncc1. The zero-order chi connectivity index (χ0) is 24.9. The molecule has 0 radical (unpaired) electrons. The molecule has 7 nitrogen and oxygen atoms in total. The lowest BCUT2D eigenvalue weighted by Gasteiger charge is -2.30. The van der Waals surface area contributed by atoms with E-state index in [1.54, 1.807) is 24.5 Å². The van der Waals surface area contributed by atoms with Gasteiger partial charge >= 0.3 is 5.97 Å². The Morgan fingerprint density at radius 2 is 1.78 bits per heavy atom. The van der Waals surface area contributed by atoms with E-state index in [1.807, 2.05) is 49.4 Å². The number of carbonyl (C=O) groups excluding carboxylic acids is 2. The van der Waals surface area contributed by atoms with Crippen molar-refractivity contribution in [3.05, 3.63) is 102 Å². The van der Waals surface area contributed by atoms with Crippen LogP contribution in [-0.2, 0) is 29.0 Å². The molecule has 0 spiro atoms. The molecule has 0 saturated heterocycles. The third-order valence-corrected chi connectivity index (χ3v) is 6.44. The predicted octanol–water partition coefficient (Wildman–Crippen LogP) is 4.76. The first-order chi connectivity index (χ1) is 17.6. The molecule has 1 N–H and O–H groups in total. The van der Waals surface area contributed by atoms with E-state index in [4.69, 9.17) is 9.72 Å². The molecule has 1 atom stereocenters. The first kappa shape index (κ1) is 23.6. The van der Waals surface area contributed by atoms with Crippen molar-refractivity contribution in [3.63, 3.8) is 0 Å². The molecule has 0 bridgehead atoms. The number of ether oxygens (including phenoxy) is 1. The normalized spacial score (nSPS) is 14.1. The highest BCUT2D eigenvalue weighted by atomic mass is 16.5. The van der Waals surface area contributed by atoms with Crippen molar-refractivity contribution in [2.24, 2.45) is 0 Å². The molecule has 1 unspecified atom stereocenters. The van der Waals surface area contributed by atoms with Gasteiger partial charge in [0.1, 0.15) is 0 Å². The summed E-state index contributed by atoms with van der Waals surface area (Å²) in [5.74, 6) is -0.863. The van der Waals surface area contributed by atoms with Gasteiger partial charge in [0.15, 0.2) is 6.10 Å². The third-order valence-electron chi connectivity index (χ3n) is 6.44. The predicted molar refractivity (Wildman–Crippen MR) is 138 cm³/mol. The molecule has 0 saturated carbocycles. The van der Waals surface area contributed by atoms with Crippen molar-refractivity contribution in [2.75, 3.05) is 11.9 Å². The van der Waals surface area contributed by atoms with E-state index in [0.717, 1.165) is 41.7 Å². The highest BCUT2D eigenvalue weighted by molar-refractivity contribution is 6.06. The summed E-state index contributed by atoms with van der Waals surface area (Å²) in [7, 11) is 0. The van der Waals surface area contributed by atoms with Crippen LogP contribution < -0.4 is 5.32 Å². The van der Waals surface area contributed by atoms with Gasteiger partial charge < -0.3 is 10.1 Å². The number of pyridine rings is 2. The van der Waals surface area contributed by atoms with E-state index in [1.165, 1.54) is 5.56 Å². The number of hydrogen-bond acceptors (Lipinski definition) is 6. The lowest BCUT2D eigenvalue weighted by atomic mass is 9.95. The van der Waals surface area contributed by atoms with Gasteiger partial charge in [-0.15, -0.1) is 0 Å². The molecule has 1 amide bonds. The van der Waals surface area contributed by atoms with E-state index in [-0.39, 0.29) is 5.91 Å². The lowest BCUT2D eigenvalue weighted by Crippen LogP contribution is -2.34. The number of esters is 1. The Bertz CT molecular complexity index is 1380. The Hall–Kier alpha value is -4.10. The highest BCUT2D eigenvalue weighted by Crippen LogP contribution is 2.30. The number of amides is 1. The molecule has 3 heterocycles. The summed E-state index contributed by atoms with van der Waals surface area (Å²) in [6.45, 7) is 4.06. The van der Waals surface area contributed by atoms with E-state index < -0.39 is 12.1 Å². The molecule has 4 aromatic rings. The summed E-state index contributed by atoms with van der Waals surface area (Å²) in [5.41, 5.74) is 4.88. The van der Waals surface area contributed by atoms with Crippen LogP contribution in [0.25, 0.3) is 10.9 Å². The number of hydrogen-bond donors (Lipinski definition) is 1. The van der Waals surface area contributed by atoms with Gasteiger partial charge in [0, 0.05) is 60.8 Å². The van der Waals surface area contributed by atoms with Gasteiger partial charge in [0.2, 0.25) is 0 Å². The minimum Gasteiger partial charge on any atom is -0.449 e. The Kier molecular flexibility index (Phi) is 7.00. The van der Waals surface area contributed by atoms with Gasteiger partial charge in [0.05, 0.1) is 11.1 Å². The largest absolute Gasteiger partial charge is 0.449 e. The first-order valence-electron chi connectivity index (χ1n) is 12.2. The van der Waals surface area contributed by atoms with Gasteiger partial charge in [-0.1, -0.05) is 55.5 Å². The van der Waals surface area contributed by atoms with Gasteiger partial charge in [-0.25, -0.2) is 4.79 Å². The monoisotopic (exact) mass is 480 g/mol. The molecular formula is C29H28N4O3. The van der Waals surface area contributed by atoms with Crippen LogP contribution in [0, 0.1) is 0 Å². The van der Waals surface area contributed by atoms with Crippen LogP contribution in [0.1, 0.15) is 40.5 Å². The van der Waals surface area contributed by atoms with Crippen LogP contribution in [0.15, 0.2) is 79.1 Å². The Labute approximate surface area is 210 Å². The molecule has 0 aliphatic carbocycles. The fourth-order valence-corrected chi connectivity index (χ4v) is 4.62. The fourth-order valence-electron chi connectivity index (χ4n) is 4.62. The third kappa shape index (κ3) is 5.11. The Morgan fingerprint density at radius 3 is 2.56 bits per heavy atom. The zero-order valence-electron chi connectivity index (χ0n) is 20.2. The Morgan fingerprint density at radius 1 is 1.03 bits per heavy atom. The lowest BCUT2D eigenvalue weighted by molar-refractivity contribution is -0.124. The molecule has 2 aromatic carbocycles. The molecule has 7 heteroatoms. The summed E-state index contributed by atoms with van der Waals surface area (Å²) in [6, 6.07) is 21.3. The number of anilines is 1. The molecule has 182 valence electrons. The minimum absolute atomic E-state index is 0.355. The first-order valence-corrected chi connectivity index (χ1v) is 12.2. The number of benzene rings is 2. The average molecular weight is 481 g/mol. The number of carbonyl (C=O) groups is 2. The summed E-state index contributed by atoms with van der Waals surface area (Å²) in [4.78, 5) is 37.7. The van der Waals surface area contributed by atoms with Crippen LogP contribution >= 0.6 is 0 Å². The second-order valence-electron chi connectivity index (χ2n) is 8.90. The molecule has 5 rings (SSSR count). The zero-order valence-corrected chi connectivity index (χ0v) is 20.2. The van der Waals surface area contributed by atoms with Crippen LogP contribution in [0.4, 0.5) is 5.69 Å². The number of nitrogens with zero attached hydrogens (tertiary/aromatic N) is 3. The van der Waals surface area contributed by atoms with Crippen molar-refractivity contribution in [1.29, 1.82) is 0 Å². The minimum atomic E-state index is -0.919. The standard InChI is InChI=1S/C29H28N4O3/c1-2-26(28(34)31-21-12-15-30-16-13-21)36-29(35)27-22-10-6-7-11-24(22)32-25-14-17-33(19-23(25)27)18-20-8-4-3-5-9-20/h3-13,15-16,26H,2,14,17-19H2,1H3,(H,30,31,34). The number of para-hydroxylation sites is 1. The van der Waals surface area contributed by atoms with E-state index in [9.17, 15) is 9.59 Å². The quantitative estimate of drug-likeness (QED) is 0.384. The van der Waals surface area contributed by atoms with Crippen molar-refractivity contribution in [1.82, 2.24) is 14.9 Å². The maximum absolute atomic E-state index is 13.7. The number of fused-ring (bicyclic) bond motifs is 2. The molecular weight excluding hydrogens is 452 g/mol. The van der Waals surface area contributed by atoms with E-state index in [0.29, 0.717) is 24.2 Å². The van der Waals surface area contributed by atoms with Crippen LogP contribution in [-0.4, -0.2) is 39.4 Å². The van der Waals surface area contributed by atoms with Crippen LogP contribution in [0.3, 0.4) is 0 Å². The number of nitrogens with one attached hydrogen (secondary N) is 1. The molecule has 0 fully saturated rings. The second-order valence-corrected chi connectivity index (χ2v) is 8.90. The van der Waals surface area contributed by atoms with Crippen molar-refractivity contribution < 1.29 is 14.3 Å². The average Bonchev–Trinajstić information content (AvgIpc) is 2.91. The van der Waals surface area contributed by atoms with Gasteiger partial charge in [0.25, 0.3) is 5.91 Å². The van der Waals surface area contributed by atoms with Crippen molar-refractivity contribution >= 4 is 28.5 Å². The van der Waals surface area contributed by atoms with Crippen LogP contribution in [0.5, 0.6) is 0 Å². The van der Waals surface area contributed by atoms with Gasteiger partial charge in [-0.3, -0.25) is 19.7 Å². The summed E-state index contributed by atoms with van der Waals surface area (Å²) < 4.78 is 5.83. The highest BCUT2D eigenvalue weighted by Gasteiger charge is 2.29. The molecule has 1 aliphatic heterocycles. The maximum Gasteiger partial charge on any atom is 0.340 e. The summed E-state index contributed by atoms with van der Waals surface area (Å²) >= 11 is 0. The summed E-state index contributed by atoms with van der Waals surface area (Å²) in [5, 5.41) is 3.55. The topological polar surface area (TPSA) is 84.4 Å². The van der Waals surface area contributed by atoms with Gasteiger partial charge in [-0.05, 0) is 30.2 Å². The molecule has 2 aromatic heterocycles. The Balaban J connectivity index is 1.44. The van der Waals surface area contributed by atoms with Crippen LogP contribution in [0.2, 0.25) is 0 Å². The number of aromatic nitrogens is 2. The number of rotatable bonds is 7. The summed E-state index contributed by atoms with van der Waals surface area (Å²) in [6.07, 6.45) is 3.37. The molecule has 1 aliphatic rings. The van der Waals surface area contributed by atoms with Crippen molar-refractivity contribution in [3.8, 4) is 0 Å². The molecule has 36 heavy (non-hydrogen) atoms. The second kappa shape index (κ2) is 10.7. The van der Waals surface area contributed by atoms with E-state index in [2.05, 4.69) is 27.3 Å². The smallest absolute Gasteiger partial charge is 0.340 e.